The number of rotatable bonds is 7. The number of methoxy groups -OCH3 is 1. The molecule has 3 N–H and O–H groups in total. The van der Waals surface area contributed by atoms with E-state index in [4.69, 9.17) is 4.74 Å². The molecule has 1 fully saturated rings. The number of carbonyl (C=O) groups is 1. The fourth-order valence-electron chi connectivity index (χ4n) is 1.93. The van der Waals surface area contributed by atoms with Crippen LogP contribution in [0.4, 0.5) is 0 Å². The number of hydrogen-bond acceptors (Lipinski definition) is 4. The number of aliphatic hydroxyl groups excluding tert-OH is 1. The normalized spacial score (nSPS) is 24.6. The second-order valence-electron chi connectivity index (χ2n) is 4.31. The lowest BCUT2D eigenvalue weighted by Gasteiger charge is -2.11. The molecule has 0 bridgehead atoms. The molecule has 2 atom stereocenters. The largest absolute Gasteiger partial charge is 0.393 e. The van der Waals surface area contributed by atoms with Gasteiger partial charge in [0.05, 0.1) is 19.3 Å². The Morgan fingerprint density at radius 3 is 2.94 bits per heavy atom. The number of nitrogens with one attached hydrogen (secondary N) is 2. The topological polar surface area (TPSA) is 70.6 Å². The van der Waals surface area contributed by atoms with Crippen LogP contribution in [0, 0.1) is 5.92 Å². The third-order valence-corrected chi connectivity index (χ3v) is 2.87. The lowest BCUT2D eigenvalue weighted by molar-refractivity contribution is -0.120. The van der Waals surface area contributed by atoms with Crippen LogP contribution in [0.2, 0.25) is 0 Å². The molecule has 1 aliphatic rings. The molecule has 2 unspecified atom stereocenters. The Morgan fingerprint density at radius 2 is 2.31 bits per heavy atom. The second kappa shape index (κ2) is 7.60. The predicted octanol–water partition coefficient (Wildman–Crippen LogP) is -0.500. The van der Waals surface area contributed by atoms with E-state index in [1.165, 1.54) is 0 Å². The van der Waals surface area contributed by atoms with E-state index < -0.39 is 0 Å². The summed E-state index contributed by atoms with van der Waals surface area (Å²) in [5, 5.41) is 15.2. The Labute approximate surface area is 96.6 Å². The predicted molar refractivity (Wildman–Crippen MR) is 61.1 cm³/mol. The van der Waals surface area contributed by atoms with Crippen LogP contribution in [0.1, 0.15) is 19.3 Å². The molecule has 0 aromatic heterocycles. The van der Waals surface area contributed by atoms with Crippen LogP contribution in [0.15, 0.2) is 0 Å². The molecule has 0 radical (unpaired) electrons. The molecule has 1 saturated carbocycles. The van der Waals surface area contributed by atoms with Crippen LogP contribution < -0.4 is 10.6 Å². The number of ether oxygens (including phenoxy) is 1. The van der Waals surface area contributed by atoms with E-state index in [9.17, 15) is 9.90 Å². The minimum absolute atomic E-state index is 0.0116. The molecule has 0 spiro atoms. The molecular weight excluding hydrogens is 208 g/mol. The number of amides is 1. The highest BCUT2D eigenvalue weighted by molar-refractivity contribution is 5.77. The summed E-state index contributed by atoms with van der Waals surface area (Å²) in [5.41, 5.74) is 0. The van der Waals surface area contributed by atoms with Gasteiger partial charge < -0.3 is 20.5 Å². The molecule has 0 aliphatic heterocycles. The zero-order valence-corrected chi connectivity index (χ0v) is 9.87. The Morgan fingerprint density at radius 1 is 1.50 bits per heavy atom. The lowest BCUT2D eigenvalue weighted by Crippen LogP contribution is -2.37. The third-order valence-electron chi connectivity index (χ3n) is 2.87. The van der Waals surface area contributed by atoms with Crippen molar-refractivity contribution in [3.63, 3.8) is 0 Å². The Hall–Kier alpha value is -0.650. The molecule has 5 nitrogen and oxygen atoms in total. The standard InChI is InChI=1S/C11H22N2O3/c1-16-5-4-12-8-11(15)13-7-9-2-3-10(14)6-9/h9-10,12,14H,2-8H2,1H3,(H,13,15). The van der Waals surface area contributed by atoms with Gasteiger partial charge in [0, 0.05) is 20.2 Å². The molecule has 0 aromatic rings. The quantitative estimate of drug-likeness (QED) is 0.516. The van der Waals surface area contributed by atoms with E-state index in [2.05, 4.69) is 10.6 Å². The van der Waals surface area contributed by atoms with Crippen molar-refractivity contribution in [2.45, 2.75) is 25.4 Å². The SMILES string of the molecule is COCCNCC(=O)NCC1CCC(O)C1. The minimum Gasteiger partial charge on any atom is -0.393 e. The fourth-order valence-corrected chi connectivity index (χ4v) is 1.93. The molecule has 16 heavy (non-hydrogen) atoms. The average Bonchev–Trinajstić information content (AvgIpc) is 2.68. The summed E-state index contributed by atoms with van der Waals surface area (Å²) in [5.74, 6) is 0.454. The van der Waals surface area contributed by atoms with E-state index >= 15 is 0 Å². The van der Waals surface area contributed by atoms with E-state index in [0.29, 0.717) is 32.2 Å². The number of carbonyl (C=O) groups excluding carboxylic acids is 1. The summed E-state index contributed by atoms with van der Waals surface area (Å²) in [6.45, 7) is 2.31. The third kappa shape index (κ3) is 5.44. The van der Waals surface area contributed by atoms with E-state index in [-0.39, 0.29) is 12.0 Å². The monoisotopic (exact) mass is 230 g/mol. The minimum atomic E-state index is -0.165. The van der Waals surface area contributed by atoms with Gasteiger partial charge in [0.2, 0.25) is 5.91 Å². The summed E-state index contributed by atoms with van der Waals surface area (Å²) >= 11 is 0. The molecule has 94 valence electrons. The summed E-state index contributed by atoms with van der Waals surface area (Å²) in [4.78, 5) is 11.4. The maximum Gasteiger partial charge on any atom is 0.233 e. The number of hydrogen-bond donors (Lipinski definition) is 3. The summed E-state index contributed by atoms with van der Waals surface area (Å²) < 4.78 is 4.85. The number of aliphatic hydroxyl groups is 1. The Kier molecular flexibility index (Phi) is 6.37. The summed E-state index contributed by atoms with van der Waals surface area (Å²) in [7, 11) is 1.63. The maximum atomic E-state index is 11.4. The first-order valence-corrected chi connectivity index (χ1v) is 5.86. The van der Waals surface area contributed by atoms with Crippen molar-refractivity contribution in [1.29, 1.82) is 0 Å². The fraction of sp³-hybridized carbons (Fsp3) is 0.909. The first-order valence-electron chi connectivity index (χ1n) is 5.86. The van der Waals surface area contributed by atoms with Gasteiger partial charge in [-0.1, -0.05) is 0 Å². The molecule has 1 rings (SSSR count). The highest BCUT2D eigenvalue weighted by Crippen LogP contribution is 2.24. The zero-order valence-electron chi connectivity index (χ0n) is 9.87. The van der Waals surface area contributed by atoms with Crippen molar-refractivity contribution in [3.8, 4) is 0 Å². The van der Waals surface area contributed by atoms with E-state index in [1.807, 2.05) is 0 Å². The smallest absolute Gasteiger partial charge is 0.233 e. The van der Waals surface area contributed by atoms with Gasteiger partial charge in [0.1, 0.15) is 0 Å². The van der Waals surface area contributed by atoms with Gasteiger partial charge in [-0.25, -0.2) is 0 Å². The van der Waals surface area contributed by atoms with Gasteiger partial charge in [0.25, 0.3) is 0 Å². The lowest BCUT2D eigenvalue weighted by atomic mass is 10.1. The molecule has 5 heteroatoms. The van der Waals surface area contributed by atoms with Gasteiger partial charge in [-0.3, -0.25) is 4.79 Å². The Bertz CT molecular complexity index is 211. The molecule has 1 aliphatic carbocycles. The van der Waals surface area contributed by atoms with Crippen LogP contribution in [-0.2, 0) is 9.53 Å². The molecular formula is C11H22N2O3. The van der Waals surface area contributed by atoms with Gasteiger partial charge in [-0.15, -0.1) is 0 Å². The first kappa shape index (κ1) is 13.4. The summed E-state index contributed by atoms with van der Waals surface area (Å²) in [6, 6.07) is 0. The van der Waals surface area contributed by atoms with Crippen LogP contribution in [0.25, 0.3) is 0 Å². The van der Waals surface area contributed by atoms with Crippen LogP contribution in [0.3, 0.4) is 0 Å². The Balaban J connectivity index is 1.97. The van der Waals surface area contributed by atoms with Crippen molar-refractivity contribution >= 4 is 5.91 Å². The first-order chi connectivity index (χ1) is 7.72. The van der Waals surface area contributed by atoms with Crippen molar-refractivity contribution in [2.75, 3.05) is 33.4 Å². The van der Waals surface area contributed by atoms with Crippen LogP contribution >= 0.6 is 0 Å². The molecule has 0 aromatic carbocycles. The highest BCUT2D eigenvalue weighted by atomic mass is 16.5. The van der Waals surface area contributed by atoms with Gasteiger partial charge in [0.15, 0.2) is 0 Å². The van der Waals surface area contributed by atoms with Crippen molar-refractivity contribution < 1.29 is 14.6 Å². The zero-order chi connectivity index (χ0) is 11.8. The summed E-state index contributed by atoms with van der Waals surface area (Å²) in [6.07, 6.45) is 2.53. The molecule has 0 saturated heterocycles. The van der Waals surface area contributed by atoms with E-state index in [0.717, 1.165) is 19.3 Å². The van der Waals surface area contributed by atoms with Gasteiger partial charge >= 0.3 is 0 Å². The van der Waals surface area contributed by atoms with E-state index in [1.54, 1.807) is 7.11 Å². The van der Waals surface area contributed by atoms with Crippen LogP contribution in [0.5, 0.6) is 0 Å². The van der Waals surface area contributed by atoms with Crippen molar-refractivity contribution in [1.82, 2.24) is 10.6 Å². The molecule has 1 amide bonds. The average molecular weight is 230 g/mol. The van der Waals surface area contributed by atoms with Crippen molar-refractivity contribution in [2.24, 2.45) is 5.92 Å². The van der Waals surface area contributed by atoms with Gasteiger partial charge in [-0.2, -0.15) is 0 Å². The van der Waals surface area contributed by atoms with Crippen LogP contribution in [-0.4, -0.2) is 50.5 Å². The second-order valence-corrected chi connectivity index (χ2v) is 4.31. The van der Waals surface area contributed by atoms with Gasteiger partial charge in [-0.05, 0) is 25.2 Å². The maximum absolute atomic E-state index is 11.4. The van der Waals surface area contributed by atoms with Crippen molar-refractivity contribution in [3.05, 3.63) is 0 Å². The highest BCUT2D eigenvalue weighted by Gasteiger charge is 2.22. The molecule has 0 heterocycles.